The van der Waals surface area contributed by atoms with Crippen molar-refractivity contribution in [3.63, 3.8) is 0 Å². The van der Waals surface area contributed by atoms with Crippen LogP contribution in [0.1, 0.15) is 0 Å². The molecule has 0 fully saturated rings. The first-order valence-electron chi connectivity index (χ1n) is 8.13. The normalized spacial score (nSPS) is 12.2. The number of azo groups is 1. The average Bonchev–Trinajstić information content (AvgIpc) is 2.66. The Hall–Kier alpha value is -3.29. The highest BCUT2D eigenvalue weighted by Gasteiger charge is 2.11. The van der Waals surface area contributed by atoms with Crippen molar-refractivity contribution in [3.8, 4) is 0 Å². The molecule has 0 radical (unpaired) electrons. The lowest BCUT2D eigenvalue weighted by Gasteiger charge is -2.05. The molecule has 0 atom stereocenters. The highest BCUT2D eigenvalue weighted by Crippen LogP contribution is 2.33. The molecule has 4 aromatic carbocycles. The summed E-state index contributed by atoms with van der Waals surface area (Å²) < 4.78 is 31.9. The first-order chi connectivity index (χ1) is 12.9. The summed E-state index contributed by atoms with van der Waals surface area (Å²) in [7, 11) is -4.26. The van der Waals surface area contributed by atoms with E-state index < -0.39 is 10.1 Å². The maximum atomic E-state index is 11.3. The molecule has 0 aliphatic carbocycles. The summed E-state index contributed by atoms with van der Waals surface area (Å²) in [5.74, 6) is 0. The fraction of sp³-hybridized carbons (Fsp3) is 0. The second-order valence-corrected chi connectivity index (χ2v) is 7.48. The van der Waals surface area contributed by atoms with E-state index in [0.29, 0.717) is 22.4 Å². The largest absolute Gasteiger partial charge is 0.398 e. The van der Waals surface area contributed by atoms with Gasteiger partial charge in [-0.05, 0) is 35.7 Å². The molecule has 0 aliphatic rings. The number of anilines is 1. The van der Waals surface area contributed by atoms with Gasteiger partial charge in [0.1, 0.15) is 0 Å². The molecule has 27 heavy (non-hydrogen) atoms. The second-order valence-electron chi connectivity index (χ2n) is 6.05. The topological polar surface area (TPSA) is 105 Å². The number of nitrogens with zero attached hydrogens (tertiary/aromatic N) is 2. The smallest absolute Gasteiger partial charge is 0.294 e. The lowest BCUT2D eigenvalue weighted by molar-refractivity contribution is 0.483. The monoisotopic (exact) mass is 377 g/mol. The van der Waals surface area contributed by atoms with Gasteiger partial charge in [-0.3, -0.25) is 4.55 Å². The average molecular weight is 377 g/mol. The van der Waals surface area contributed by atoms with Crippen molar-refractivity contribution >= 4 is 48.7 Å². The van der Waals surface area contributed by atoms with Crippen LogP contribution in [0, 0.1) is 0 Å². The Morgan fingerprint density at radius 1 is 0.741 bits per heavy atom. The molecule has 0 saturated carbocycles. The Bertz CT molecular complexity index is 1310. The van der Waals surface area contributed by atoms with Crippen LogP contribution in [0.15, 0.2) is 87.9 Å². The van der Waals surface area contributed by atoms with Crippen LogP contribution in [-0.4, -0.2) is 13.0 Å². The minimum Gasteiger partial charge on any atom is -0.398 e. The van der Waals surface area contributed by atoms with E-state index in [1.807, 2.05) is 30.3 Å². The summed E-state index contributed by atoms with van der Waals surface area (Å²) in [6, 6.07) is 20.9. The molecular weight excluding hydrogens is 362 g/mol. The summed E-state index contributed by atoms with van der Waals surface area (Å²) >= 11 is 0. The first-order valence-corrected chi connectivity index (χ1v) is 9.57. The number of nitrogen functional groups attached to an aromatic ring is 1. The van der Waals surface area contributed by atoms with Gasteiger partial charge in [0.25, 0.3) is 10.1 Å². The van der Waals surface area contributed by atoms with Crippen LogP contribution in [0.3, 0.4) is 0 Å². The molecule has 7 heteroatoms. The highest BCUT2D eigenvalue weighted by atomic mass is 32.2. The SMILES string of the molecule is Nc1ccc(N=Nc2cccc3cc(S(=O)(=O)O)ccc23)c2ccccc12. The Morgan fingerprint density at radius 2 is 1.44 bits per heavy atom. The summed E-state index contributed by atoms with van der Waals surface area (Å²) in [6.07, 6.45) is 0. The van der Waals surface area contributed by atoms with Crippen molar-refractivity contribution in [3.05, 3.63) is 72.8 Å². The summed E-state index contributed by atoms with van der Waals surface area (Å²) in [4.78, 5) is -0.159. The molecule has 0 spiro atoms. The standard InChI is InChI=1S/C20H15N3O3S/c21-18-10-11-20(17-6-2-1-5-16(17)18)23-22-19-7-3-4-13-12-14(27(24,25)26)8-9-15(13)19/h1-12H,21H2,(H,24,25,26). The van der Waals surface area contributed by atoms with E-state index in [4.69, 9.17) is 5.73 Å². The van der Waals surface area contributed by atoms with E-state index in [1.54, 1.807) is 30.3 Å². The molecule has 4 rings (SSSR count). The van der Waals surface area contributed by atoms with Crippen LogP contribution in [-0.2, 0) is 10.1 Å². The Kier molecular flexibility index (Phi) is 4.10. The third kappa shape index (κ3) is 3.25. The van der Waals surface area contributed by atoms with E-state index in [1.165, 1.54) is 12.1 Å². The van der Waals surface area contributed by atoms with Crippen molar-refractivity contribution in [2.45, 2.75) is 4.90 Å². The van der Waals surface area contributed by atoms with Crippen molar-refractivity contribution < 1.29 is 13.0 Å². The summed E-state index contributed by atoms with van der Waals surface area (Å²) in [5.41, 5.74) is 7.97. The summed E-state index contributed by atoms with van der Waals surface area (Å²) in [5, 5.41) is 11.9. The Morgan fingerprint density at radius 3 is 2.19 bits per heavy atom. The van der Waals surface area contributed by atoms with Crippen molar-refractivity contribution in [1.82, 2.24) is 0 Å². The van der Waals surface area contributed by atoms with Gasteiger partial charge in [0.2, 0.25) is 0 Å². The Balaban J connectivity index is 1.81. The predicted octanol–water partition coefficient (Wildman–Crippen LogP) is 5.24. The van der Waals surface area contributed by atoms with Crippen molar-refractivity contribution in [2.75, 3.05) is 5.73 Å². The Labute approximate surface area is 155 Å². The van der Waals surface area contributed by atoms with Crippen molar-refractivity contribution in [1.29, 1.82) is 0 Å². The summed E-state index contributed by atoms with van der Waals surface area (Å²) in [6.45, 7) is 0. The zero-order chi connectivity index (χ0) is 19.0. The molecule has 3 N–H and O–H groups in total. The van der Waals surface area contributed by atoms with E-state index in [9.17, 15) is 13.0 Å². The first kappa shape index (κ1) is 17.1. The number of benzene rings is 4. The number of fused-ring (bicyclic) bond motifs is 2. The molecule has 0 amide bonds. The minimum absolute atomic E-state index is 0.159. The van der Waals surface area contributed by atoms with Gasteiger partial charge in [0.05, 0.1) is 16.3 Å². The van der Waals surface area contributed by atoms with E-state index in [0.717, 1.165) is 16.2 Å². The van der Waals surface area contributed by atoms with Gasteiger partial charge >= 0.3 is 0 Å². The molecule has 0 unspecified atom stereocenters. The highest BCUT2D eigenvalue weighted by molar-refractivity contribution is 7.85. The molecule has 0 bridgehead atoms. The molecule has 6 nitrogen and oxygen atoms in total. The predicted molar refractivity (Wildman–Crippen MR) is 106 cm³/mol. The van der Waals surface area contributed by atoms with Gasteiger partial charge in [-0.15, -0.1) is 10.2 Å². The maximum absolute atomic E-state index is 11.3. The van der Waals surface area contributed by atoms with Gasteiger partial charge in [-0.1, -0.05) is 42.5 Å². The maximum Gasteiger partial charge on any atom is 0.294 e. The van der Waals surface area contributed by atoms with Crippen LogP contribution >= 0.6 is 0 Å². The third-order valence-corrected chi connectivity index (χ3v) is 5.18. The van der Waals surface area contributed by atoms with Crippen LogP contribution < -0.4 is 5.73 Å². The van der Waals surface area contributed by atoms with Gasteiger partial charge in [0, 0.05) is 21.8 Å². The minimum atomic E-state index is -4.26. The van der Waals surface area contributed by atoms with Crippen molar-refractivity contribution in [2.24, 2.45) is 10.2 Å². The van der Waals surface area contributed by atoms with Crippen LogP contribution in [0.25, 0.3) is 21.5 Å². The fourth-order valence-electron chi connectivity index (χ4n) is 2.99. The van der Waals surface area contributed by atoms with Crippen LogP contribution in [0.5, 0.6) is 0 Å². The molecule has 0 aliphatic heterocycles. The second kappa shape index (κ2) is 6.46. The van der Waals surface area contributed by atoms with Gasteiger partial charge in [-0.25, -0.2) is 0 Å². The number of nitrogens with two attached hydrogens (primary N) is 1. The lowest BCUT2D eigenvalue weighted by Crippen LogP contribution is -1.97. The third-order valence-electron chi connectivity index (χ3n) is 4.33. The zero-order valence-electron chi connectivity index (χ0n) is 14.1. The number of hydrogen-bond donors (Lipinski definition) is 2. The molecule has 134 valence electrons. The molecule has 4 aromatic rings. The number of hydrogen-bond acceptors (Lipinski definition) is 5. The lowest BCUT2D eigenvalue weighted by atomic mass is 10.1. The van der Waals surface area contributed by atoms with Gasteiger partial charge in [0.15, 0.2) is 0 Å². The number of rotatable bonds is 3. The van der Waals surface area contributed by atoms with Crippen LogP contribution in [0.2, 0.25) is 0 Å². The molecular formula is C20H15N3O3S. The molecule has 0 aromatic heterocycles. The van der Waals surface area contributed by atoms with E-state index in [-0.39, 0.29) is 4.90 Å². The molecule has 0 saturated heterocycles. The van der Waals surface area contributed by atoms with Gasteiger partial charge < -0.3 is 5.73 Å². The molecule has 0 heterocycles. The van der Waals surface area contributed by atoms with Gasteiger partial charge in [-0.2, -0.15) is 8.42 Å². The zero-order valence-corrected chi connectivity index (χ0v) is 14.9. The quantitative estimate of drug-likeness (QED) is 0.289. The van der Waals surface area contributed by atoms with E-state index >= 15 is 0 Å². The van der Waals surface area contributed by atoms with Crippen LogP contribution in [0.4, 0.5) is 17.1 Å². The fourth-order valence-corrected chi connectivity index (χ4v) is 3.51. The van der Waals surface area contributed by atoms with E-state index in [2.05, 4.69) is 10.2 Å².